The van der Waals surface area contributed by atoms with E-state index in [1.807, 2.05) is 24.3 Å². The van der Waals surface area contributed by atoms with E-state index in [1.165, 1.54) is 44.7 Å². The normalized spacial score (nSPS) is 19.1. The molecule has 0 N–H and O–H groups in total. The van der Waals surface area contributed by atoms with Crippen LogP contribution in [0.1, 0.15) is 54.9 Å². The third-order valence-corrected chi connectivity index (χ3v) is 4.95. The number of halogens is 2. The van der Waals surface area contributed by atoms with Gasteiger partial charge in [0.2, 0.25) is 0 Å². The Kier molecular flexibility index (Phi) is 5.75. The van der Waals surface area contributed by atoms with Crippen molar-refractivity contribution in [1.29, 1.82) is 0 Å². The summed E-state index contributed by atoms with van der Waals surface area (Å²) in [4.78, 5) is 0. The van der Waals surface area contributed by atoms with Gasteiger partial charge in [-0.05, 0) is 74.9 Å². The Morgan fingerprint density at radius 2 is 1.27 bits per heavy atom. The second kappa shape index (κ2) is 8.20. The molecule has 0 aliphatic heterocycles. The summed E-state index contributed by atoms with van der Waals surface area (Å²) in [6, 6.07) is 10.2. The van der Waals surface area contributed by atoms with Gasteiger partial charge in [0.25, 0.3) is 0 Å². The van der Waals surface area contributed by atoms with Gasteiger partial charge in [-0.2, -0.15) is 0 Å². The van der Waals surface area contributed by atoms with Gasteiger partial charge in [-0.15, -0.1) is 0 Å². The quantitative estimate of drug-likeness (QED) is 0.524. The van der Waals surface area contributed by atoms with E-state index >= 15 is 0 Å². The van der Waals surface area contributed by atoms with Crippen molar-refractivity contribution in [3.63, 3.8) is 0 Å². The molecule has 0 aromatic heterocycles. The van der Waals surface area contributed by atoms with Crippen LogP contribution < -0.4 is 0 Å². The molecule has 0 unspecified atom stereocenters. The van der Waals surface area contributed by atoms with E-state index in [0.29, 0.717) is 11.5 Å². The van der Waals surface area contributed by atoms with Crippen molar-refractivity contribution in [2.24, 2.45) is 11.8 Å². The highest BCUT2D eigenvalue weighted by atomic mass is 19.1. The first-order valence-corrected chi connectivity index (χ1v) is 9.10. The van der Waals surface area contributed by atoms with Crippen LogP contribution >= 0.6 is 0 Å². The lowest BCUT2D eigenvalue weighted by Gasteiger charge is -2.21. The molecule has 1 saturated carbocycles. The van der Waals surface area contributed by atoms with Gasteiger partial charge in [0, 0.05) is 28.2 Å². The van der Waals surface area contributed by atoms with E-state index in [2.05, 4.69) is 30.6 Å². The Hall–Kier alpha value is -2.58. The molecular formula is C24H22F2. The molecule has 0 saturated heterocycles. The predicted molar refractivity (Wildman–Crippen MR) is 102 cm³/mol. The lowest BCUT2D eigenvalue weighted by atomic mass is 9.83. The molecule has 0 amide bonds. The van der Waals surface area contributed by atoms with Crippen LogP contribution in [-0.2, 0) is 0 Å². The minimum absolute atomic E-state index is 0.0194. The van der Waals surface area contributed by atoms with Gasteiger partial charge in [-0.1, -0.05) is 30.6 Å². The van der Waals surface area contributed by atoms with Crippen LogP contribution in [0.5, 0.6) is 0 Å². The maximum absolute atomic E-state index is 13.6. The molecule has 3 rings (SSSR count). The van der Waals surface area contributed by atoms with Gasteiger partial charge < -0.3 is 0 Å². The molecule has 1 aliphatic carbocycles. The predicted octanol–water partition coefficient (Wildman–Crippen LogP) is 5.85. The van der Waals surface area contributed by atoms with Crippen LogP contribution in [0.2, 0.25) is 0 Å². The standard InChI is InChI=1S/C24H22F2/c1-17-3-5-19(6-4-17)7-8-20-9-11-21(12-10-20)13-14-22-15-23(25)18(2)24(26)16-22/h9-12,15-17,19H,3-6H2,1-2H3. The topological polar surface area (TPSA) is 0 Å². The molecule has 2 aromatic rings. The third-order valence-electron chi connectivity index (χ3n) is 4.95. The molecule has 0 spiro atoms. The molecule has 0 heterocycles. The van der Waals surface area contributed by atoms with Crippen molar-refractivity contribution in [1.82, 2.24) is 0 Å². The van der Waals surface area contributed by atoms with Crippen molar-refractivity contribution in [2.45, 2.75) is 39.5 Å². The Morgan fingerprint density at radius 1 is 0.769 bits per heavy atom. The molecule has 1 fully saturated rings. The average molecular weight is 348 g/mol. The molecular weight excluding hydrogens is 326 g/mol. The summed E-state index contributed by atoms with van der Waals surface area (Å²) in [6.45, 7) is 3.72. The molecule has 2 heteroatoms. The fourth-order valence-corrected chi connectivity index (χ4v) is 3.09. The number of rotatable bonds is 0. The van der Waals surface area contributed by atoms with Gasteiger partial charge in [0.1, 0.15) is 11.6 Å². The highest BCUT2D eigenvalue weighted by Crippen LogP contribution is 2.27. The average Bonchev–Trinajstić information content (AvgIpc) is 2.64. The van der Waals surface area contributed by atoms with E-state index in [4.69, 9.17) is 0 Å². The number of benzene rings is 2. The second-order valence-electron chi connectivity index (χ2n) is 7.12. The van der Waals surface area contributed by atoms with Crippen molar-refractivity contribution in [2.75, 3.05) is 0 Å². The lowest BCUT2D eigenvalue weighted by Crippen LogP contribution is -2.10. The Labute approximate surface area is 154 Å². The molecule has 2 aromatic carbocycles. The molecule has 0 radical (unpaired) electrons. The Bertz CT molecular complexity index is 870. The van der Waals surface area contributed by atoms with E-state index in [9.17, 15) is 8.78 Å². The molecule has 1 aliphatic rings. The molecule has 26 heavy (non-hydrogen) atoms. The highest BCUT2D eigenvalue weighted by Gasteiger charge is 2.15. The van der Waals surface area contributed by atoms with Gasteiger partial charge in [-0.25, -0.2) is 8.78 Å². The van der Waals surface area contributed by atoms with Crippen molar-refractivity contribution >= 4 is 0 Å². The van der Waals surface area contributed by atoms with E-state index in [0.717, 1.165) is 17.0 Å². The fourth-order valence-electron chi connectivity index (χ4n) is 3.09. The zero-order chi connectivity index (χ0) is 18.5. The summed E-state index contributed by atoms with van der Waals surface area (Å²) in [5, 5.41) is 0. The monoisotopic (exact) mass is 348 g/mol. The first-order valence-electron chi connectivity index (χ1n) is 9.10. The summed E-state index contributed by atoms with van der Waals surface area (Å²) < 4.78 is 27.1. The summed E-state index contributed by atoms with van der Waals surface area (Å²) in [5.41, 5.74) is 2.12. The maximum atomic E-state index is 13.6. The fraction of sp³-hybridized carbons (Fsp3) is 0.333. The summed E-state index contributed by atoms with van der Waals surface area (Å²) in [6.07, 6.45) is 4.94. The molecule has 0 nitrogen and oxygen atoms in total. The minimum Gasteiger partial charge on any atom is -0.207 e. The zero-order valence-electron chi connectivity index (χ0n) is 15.2. The summed E-state index contributed by atoms with van der Waals surface area (Å²) in [7, 11) is 0. The third kappa shape index (κ3) is 4.74. The largest absolute Gasteiger partial charge is 0.207 e. The van der Waals surface area contributed by atoms with Gasteiger partial charge >= 0.3 is 0 Å². The highest BCUT2D eigenvalue weighted by molar-refractivity contribution is 5.46. The van der Waals surface area contributed by atoms with Gasteiger partial charge in [0.05, 0.1) is 0 Å². The van der Waals surface area contributed by atoms with E-state index in [1.54, 1.807) is 0 Å². The molecule has 0 atom stereocenters. The van der Waals surface area contributed by atoms with Gasteiger partial charge in [-0.3, -0.25) is 0 Å². The van der Waals surface area contributed by atoms with Crippen molar-refractivity contribution in [3.05, 3.63) is 70.3 Å². The van der Waals surface area contributed by atoms with Crippen LogP contribution in [0.4, 0.5) is 8.78 Å². The summed E-state index contributed by atoms with van der Waals surface area (Å²) in [5.74, 6) is 12.6. The first kappa shape index (κ1) is 18.2. The Balaban J connectivity index is 1.68. The van der Waals surface area contributed by atoms with E-state index in [-0.39, 0.29) is 5.56 Å². The molecule has 132 valence electrons. The minimum atomic E-state index is -0.572. The van der Waals surface area contributed by atoms with Crippen molar-refractivity contribution in [3.8, 4) is 23.7 Å². The second-order valence-corrected chi connectivity index (χ2v) is 7.12. The number of hydrogen-bond acceptors (Lipinski definition) is 0. The van der Waals surface area contributed by atoms with Crippen LogP contribution in [0, 0.1) is 54.1 Å². The smallest absolute Gasteiger partial charge is 0.130 e. The van der Waals surface area contributed by atoms with Crippen LogP contribution in [-0.4, -0.2) is 0 Å². The first-order chi connectivity index (χ1) is 12.5. The van der Waals surface area contributed by atoms with E-state index < -0.39 is 11.6 Å². The van der Waals surface area contributed by atoms with Crippen molar-refractivity contribution < 1.29 is 8.78 Å². The van der Waals surface area contributed by atoms with Gasteiger partial charge in [0.15, 0.2) is 0 Å². The lowest BCUT2D eigenvalue weighted by molar-refractivity contribution is 0.337. The summed E-state index contributed by atoms with van der Waals surface area (Å²) >= 11 is 0. The van der Waals surface area contributed by atoms with Crippen LogP contribution in [0.15, 0.2) is 36.4 Å². The SMILES string of the molecule is Cc1c(F)cc(C#Cc2ccc(C#CC3CCC(C)CC3)cc2)cc1F. The zero-order valence-corrected chi connectivity index (χ0v) is 15.2. The molecule has 0 bridgehead atoms. The maximum Gasteiger partial charge on any atom is 0.130 e. The van der Waals surface area contributed by atoms with Crippen LogP contribution in [0.3, 0.4) is 0 Å². The number of hydrogen-bond donors (Lipinski definition) is 0. The Morgan fingerprint density at radius 3 is 1.85 bits per heavy atom. The van der Waals surface area contributed by atoms with Crippen LogP contribution in [0.25, 0.3) is 0 Å².